The standard InChI is InChI=1S/C27H28FN5O/c1-3-32-20-5-6-21(32)15-19(14-20)23-10-13-30-27-25(18-4-7-22(28)24(16-18)34-2)26(31-33(23)27)17-8-11-29-12-9-17/h4,7-13,16,19-21H,3,5-6,14-15H2,1-2H3. The molecule has 7 heteroatoms. The van der Waals surface area contributed by atoms with Crippen molar-refractivity contribution >= 4 is 5.65 Å². The zero-order chi connectivity index (χ0) is 23.2. The number of pyridine rings is 1. The molecule has 2 saturated heterocycles. The Kier molecular flexibility index (Phi) is 5.29. The Morgan fingerprint density at radius 2 is 1.76 bits per heavy atom. The molecular formula is C27H28FN5O. The zero-order valence-electron chi connectivity index (χ0n) is 19.5. The quantitative estimate of drug-likeness (QED) is 0.405. The van der Waals surface area contributed by atoms with Gasteiger partial charge in [-0.05, 0) is 68.1 Å². The first-order chi connectivity index (χ1) is 16.7. The summed E-state index contributed by atoms with van der Waals surface area (Å²) in [6, 6.07) is 12.3. The van der Waals surface area contributed by atoms with Crippen LogP contribution in [0.3, 0.4) is 0 Å². The van der Waals surface area contributed by atoms with Gasteiger partial charge in [-0.25, -0.2) is 13.9 Å². The molecule has 2 fully saturated rings. The Labute approximate surface area is 198 Å². The number of hydrogen-bond donors (Lipinski definition) is 0. The molecule has 2 atom stereocenters. The molecule has 2 aliphatic heterocycles. The first-order valence-electron chi connectivity index (χ1n) is 12.1. The van der Waals surface area contributed by atoms with Crippen molar-refractivity contribution in [1.29, 1.82) is 0 Å². The van der Waals surface area contributed by atoms with Crippen LogP contribution in [0.15, 0.2) is 55.0 Å². The fraction of sp³-hybridized carbons (Fsp3) is 0.370. The van der Waals surface area contributed by atoms with E-state index in [1.54, 1.807) is 24.5 Å². The van der Waals surface area contributed by atoms with Gasteiger partial charge >= 0.3 is 0 Å². The average Bonchev–Trinajstić information content (AvgIpc) is 3.38. The third-order valence-electron chi connectivity index (χ3n) is 7.61. The Balaban J connectivity index is 1.53. The van der Waals surface area contributed by atoms with Gasteiger partial charge in [0, 0.05) is 47.8 Å². The second-order valence-corrected chi connectivity index (χ2v) is 9.30. The highest BCUT2D eigenvalue weighted by atomic mass is 19.1. The van der Waals surface area contributed by atoms with Crippen molar-refractivity contribution in [2.45, 2.75) is 50.6 Å². The van der Waals surface area contributed by atoms with Crippen molar-refractivity contribution in [2.75, 3.05) is 13.7 Å². The van der Waals surface area contributed by atoms with Crippen molar-refractivity contribution in [3.8, 4) is 28.1 Å². The summed E-state index contributed by atoms with van der Waals surface area (Å²) in [6.45, 7) is 3.40. The van der Waals surface area contributed by atoms with Crippen LogP contribution < -0.4 is 4.74 Å². The number of aromatic nitrogens is 4. The van der Waals surface area contributed by atoms with Crippen molar-refractivity contribution in [1.82, 2.24) is 24.5 Å². The van der Waals surface area contributed by atoms with Gasteiger partial charge in [0.2, 0.25) is 0 Å². The van der Waals surface area contributed by atoms with Gasteiger partial charge in [0.15, 0.2) is 17.2 Å². The molecule has 5 heterocycles. The Hall–Kier alpha value is -3.32. The number of piperidine rings is 1. The predicted molar refractivity (Wildman–Crippen MR) is 129 cm³/mol. The second-order valence-electron chi connectivity index (χ2n) is 9.30. The first-order valence-corrected chi connectivity index (χ1v) is 12.1. The van der Waals surface area contributed by atoms with Crippen molar-refractivity contribution in [2.24, 2.45) is 0 Å². The largest absolute Gasteiger partial charge is 0.494 e. The van der Waals surface area contributed by atoms with Gasteiger partial charge in [-0.1, -0.05) is 13.0 Å². The maximum absolute atomic E-state index is 14.2. The molecule has 174 valence electrons. The van der Waals surface area contributed by atoms with E-state index >= 15 is 0 Å². The van der Waals surface area contributed by atoms with Gasteiger partial charge in [-0.15, -0.1) is 0 Å². The Morgan fingerprint density at radius 3 is 2.47 bits per heavy atom. The molecule has 0 N–H and O–H groups in total. The minimum atomic E-state index is -0.389. The summed E-state index contributed by atoms with van der Waals surface area (Å²) in [4.78, 5) is 11.6. The fourth-order valence-corrected chi connectivity index (χ4v) is 6.10. The molecule has 0 spiro atoms. The molecule has 0 saturated carbocycles. The zero-order valence-corrected chi connectivity index (χ0v) is 19.5. The first kappa shape index (κ1) is 21.2. The number of halogens is 1. The van der Waals surface area contributed by atoms with E-state index in [-0.39, 0.29) is 11.6 Å². The lowest BCUT2D eigenvalue weighted by atomic mass is 9.88. The van der Waals surface area contributed by atoms with Crippen LogP contribution in [0.5, 0.6) is 5.75 Å². The summed E-state index contributed by atoms with van der Waals surface area (Å²) < 4.78 is 21.5. The third kappa shape index (κ3) is 3.38. The maximum Gasteiger partial charge on any atom is 0.165 e. The van der Waals surface area contributed by atoms with Gasteiger partial charge in [0.1, 0.15) is 5.69 Å². The van der Waals surface area contributed by atoms with Crippen LogP contribution >= 0.6 is 0 Å². The van der Waals surface area contributed by atoms with Gasteiger partial charge < -0.3 is 4.74 Å². The van der Waals surface area contributed by atoms with E-state index in [9.17, 15) is 4.39 Å². The highest BCUT2D eigenvalue weighted by Crippen LogP contribution is 2.44. The molecule has 2 unspecified atom stereocenters. The summed E-state index contributed by atoms with van der Waals surface area (Å²) in [5, 5.41) is 5.10. The van der Waals surface area contributed by atoms with Crippen LogP contribution in [0.25, 0.3) is 28.0 Å². The second kappa shape index (κ2) is 8.47. The monoisotopic (exact) mass is 457 g/mol. The van der Waals surface area contributed by atoms with Crippen molar-refractivity contribution < 1.29 is 9.13 Å². The van der Waals surface area contributed by atoms with E-state index in [1.165, 1.54) is 31.7 Å². The molecule has 0 amide bonds. The van der Waals surface area contributed by atoms with Gasteiger partial charge in [0.25, 0.3) is 0 Å². The Bertz CT molecular complexity index is 1320. The van der Waals surface area contributed by atoms with E-state index in [2.05, 4.69) is 22.9 Å². The number of methoxy groups -OCH3 is 1. The van der Waals surface area contributed by atoms with E-state index in [0.717, 1.165) is 47.4 Å². The van der Waals surface area contributed by atoms with E-state index in [1.807, 2.05) is 22.8 Å². The SMILES string of the molecule is CCN1C2CCC1CC(c1ccnc3c(-c4ccc(F)c(OC)c4)c(-c4ccncc4)nn13)C2. The molecule has 2 aliphatic rings. The lowest BCUT2D eigenvalue weighted by Gasteiger charge is -2.38. The topological polar surface area (TPSA) is 55.5 Å². The molecule has 4 aromatic rings. The van der Waals surface area contributed by atoms with Crippen molar-refractivity contribution in [3.63, 3.8) is 0 Å². The molecule has 6 rings (SSSR count). The van der Waals surface area contributed by atoms with Crippen LogP contribution in [-0.4, -0.2) is 50.2 Å². The summed E-state index contributed by atoms with van der Waals surface area (Å²) >= 11 is 0. The smallest absolute Gasteiger partial charge is 0.165 e. The molecule has 6 nitrogen and oxygen atoms in total. The molecule has 3 aromatic heterocycles. The van der Waals surface area contributed by atoms with Crippen LogP contribution in [0.4, 0.5) is 4.39 Å². The lowest BCUT2D eigenvalue weighted by Crippen LogP contribution is -2.42. The number of ether oxygens (including phenoxy) is 1. The van der Waals surface area contributed by atoms with E-state index in [0.29, 0.717) is 18.0 Å². The lowest BCUT2D eigenvalue weighted by molar-refractivity contribution is 0.132. The number of nitrogens with zero attached hydrogens (tertiary/aromatic N) is 5. The van der Waals surface area contributed by atoms with Crippen LogP contribution in [-0.2, 0) is 0 Å². The van der Waals surface area contributed by atoms with Crippen molar-refractivity contribution in [3.05, 3.63) is 66.5 Å². The van der Waals surface area contributed by atoms with Crippen LogP contribution in [0.2, 0.25) is 0 Å². The number of benzene rings is 1. The fourth-order valence-electron chi connectivity index (χ4n) is 6.10. The minimum absolute atomic E-state index is 0.206. The molecule has 0 radical (unpaired) electrons. The normalized spacial score (nSPS) is 22.4. The Morgan fingerprint density at radius 1 is 1.00 bits per heavy atom. The number of rotatable bonds is 5. The summed E-state index contributed by atoms with van der Waals surface area (Å²) in [7, 11) is 1.48. The minimum Gasteiger partial charge on any atom is -0.494 e. The van der Waals surface area contributed by atoms with Gasteiger partial charge in [-0.2, -0.15) is 5.10 Å². The maximum atomic E-state index is 14.2. The van der Waals surface area contributed by atoms with Crippen LogP contribution in [0, 0.1) is 5.82 Å². The van der Waals surface area contributed by atoms with E-state index < -0.39 is 0 Å². The number of fused-ring (bicyclic) bond motifs is 3. The molecule has 1 aromatic carbocycles. The van der Waals surface area contributed by atoms with Gasteiger partial charge in [0.05, 0.1) is 12.7 Å². The average molecular weight is 458 g/mol. The molecule has 0 aliphatic carbocycles. The summed E-state index contributed by atoms with van der Waals surface area (Å²) in [5.74, 6) is 0.254. The molecular weight excluding hydrogens is 429 g/mol. The predicted octanol–water partition coefficient (Wildman–Crippen LogP) is 5.34. The highest BCUT2D eigenvalue weighted by Gasteiger charge is 2.41. The number of hydrogen-bond acceptors (Lipinski definition) is 5. The molecule has 34 heavy (non-hydrogen) atoms. The highest BCUT2D eigenvalue weighted by molar-refractivity contribution is 5.90. The van der Waals surface area contributed by atoms with Crippen LogP contribution in [0.1, 0.15) is 44.2 Å². The van der Waals surface area contributed by atoms with E-state index in [4.69, 9.17) is 14.8 Å². The summed E-state index contributed by atoms with van der Waals surface area (Å²) in [6.07, 6.45) is 10.3. The molecule has 2 bridgehead atoms. The summed E-state index contributed by atoms with van der Waals surface area (Å²) in [5.41, 5.74) is 5.44. The third-order valence-corrected chi connectivity index (χ3v) is 7.61. The van der Waals surface area contributed by atoms with Gasteiger partial charge in [-0.3, -0.25) is 9.88 Å².